The highest BCUT2D eigenvalue weighted by molar-refractivity contribution is 6.31. The number of carbonyl (C=O) groups excluding carboxylic acids is 1. The second-order valence-corrected chi connectivity index (χ2v) is 5.69. The first-order valence-electron chi connectivity index (χ1n) is 6.98. The largest absolute Gasteiger partial charge is 0.455 e. The lowest BCUT2D eigenvalue weighted by Crippen LogP contribution is -2.08. The van der Waals surface area contributed by atoms with Crippen LogP contribution in [0.4, 0.5) is 5.69 Å². The quantitative estimate of drug-likeness (QED) is 0.589. The third-order valence-electron chi connectivity index (χ3n) is 3.40. The molecule has 0 amide bonds. The predicted octanol–water partition coefficient (Wildman–Crippen LogP) is 2.94. The zero-order valence-electron chi connectivity index (χ0n) is 12.7. The summed E-state index contributed by atoms with van der Waals surface area (Å²) in [6.45, 7) is 3.92. The summed E-state index contributed by atoms with van der Waals surface area (Å²) in [5.74, 6) is 0.0663. The Bertz CT molecular complexity index is 904. The van der Waals surface area contributed by atoms with Crippen LogP contribution in [0, 0.1) is 13.8 Å². The van der Waals surface area contributed by atoms with E-state index in [2.05, 4.69) is 9.97 Å². The molecule has 0 aliphatic heterocycles. The van der Waals surface area contributed by atoms with E-state index in [1.807, 2.05) is 24.3 Å². The molecular weight excluding hydrogens is 316 g/mol. The molecule has 1 aromatic carbocycles. The SMILES string of the molecule is Cc1cc(C)n2cc(COC(=O)c3ccc(Cl)cc3N)nc2n1. The summed E-state index contributed by atoms with van der Waals surface area (Å²) < 4.78 is 7.12. The Morgan fingerprint density at radius 3 is 2.83 bits per heavy atom. The average molecular weight is 331 g/mol. The summed E-state index contributed by atoms with van der Waals surface area (Å²) in [6.07, 6.45) is 1.80. The van der Waals surface area contributed by atoms with E-state index in [-0.39, 0.29) is 17.9 Å². The standard InChI is InChI=1S/C16H15ClN4O2/c1-9-5-10(2)21-7-12(20-16(21)19-9)8-23-15(22)13-4-3-11(17)6-14(13)18/h3-7H,8,18H2,1-2H3. The fourth-order valence-corrected chi connectivity index (χ4v) is 2.51. The number of esters is 1. The molecule has 2 N–H and O–H groups in total. The Labute approximate surface area is 137 Å². The minimum atomic E-state index is -0.517. The predicted molar refractivity (Wildman–Crippen MR) is 87.4 cm³/mol. The van der Waals surface area contributed by atoms with Crippen LogP contribution in [0.15, 0.2) is 30.5 Å². The molecule has 0 fully saturated rings. The number of nitrogen functional groups attached to an aromatic ring is 1. The molecule has 3 rings (SSSR count). The molecule has 0 unspecified atom stereocenters. The van der Waals surface area contributed by atoms with Crippen LogP contribution >= 0.6 is 11.6 Å². The van der Waals surface area contributed by atoms with Gasteiger partial charge in [-0.15, -0.1) is 0 Å². The first kappa shape index (κ1) is 15.3. The molecule has 0 saturated heterocycles. The van der Waals surface area contributed by atoms with Crippen molar-refractivity contribution in [3.8, 4) is 0 Å². The second-order valence-electron chi connectivity index (χ2n) is 5.25. The van der Waals surface area contributed by atoms with Crippen molar-refractivity contribution in [3.05, 3.63) is 58.1 Å². The molecule has 0 aliphatic rings. The van der Waals surface area contributed by atoms with E-state index < -0.39 is 5.97 Å². The van der Waals surface area contributed by atoms with Gasteiger partial charge in [-0.1, -0.05) is 11.6 Å². The fourth-order valence-electron chi connectivity index (χ4n) is 2.32. The number of rotatable bonds is 3. The molecule has 6 nitrogen and oxygen atoms in total. The molecule has 0 aliphatic carbocycles. The molecule has 0 spiro atoms. The number of ether oxygens (including phenoxy) is 1. The molecule has 2 aromatic heterocycles. The minimum absolute atomic E-state index is 0.0444. The molecule has 0 saturated carbocycles. The van der Waals surface area contributed by atoms with Crippen LogP contribution in [0.1, 0.15) is 27.4 Å². The monoisotopic (exact) mass is 330 g/mol. The highest BCUT2D eigenvalue weighted by atomic mass is 35.5. The van der Waals surface area contributed by atoms with Crippen molar-refractivity contribution in [2.45, 2.75) is 20.5 Å². The maximum Gasteiger partial charge on any atom is 0.340 e. The van der Waals surface area contributed by atoms with Gasteiger partial charge in [0.2, 0.25) is 5.78 Å². The van der Waals surface area contributed by atoms with E-state index in [1.165, 1.54) is 6.07 Å². The summed E-state index contributed by atoms with van der Waals surface area (Å²) >= 11 is 5.82. The van der Waals surface area contributed by atoms with Gasteiger partial charge in [-0.25, -0.2) is 14.8 Å². The molecule has 0 atom stereocenters. The number of anilines is 1. The van der Waals surface area contributed by atoms with Crippen molar-refractivity contribution in [1.29, 1.82) is 0 Å². The van der Waals surface area contributed by atoms with E-state index >= 15 is 0 Å². The van der Waals surface area contributed by atoms with E-state index in [1.54, 1.807) is 18.3 Å². The lowest BCUT2D eigenvalue weighted by Gasteiger charge is -2.05. The molecule has 2 heterocycles. The van der Waals surface area contributed by atoms with Crippen molar-refractivity contribution >= 4 is 29.0 Å². The highest BCUT2D eigenvalue weighted by Crippen LogP contribution is 2.19. The van der Waals surface area contributed by atoms with Crippen molar-refractivity contribution in [2.24, 2.45) is 0 Å². The van der Waals surface area contributed by atoms with Crippen LogP contribution in [0.5, 0.6) is 0 Å². The molecule has 7 heteroatoms. The third-order valence-corrected chi connectivity index (χ3v) is 3.63. The van der Waals surface area contributed by atoms with Crippen LogP contribution in [0.25, 0.3) is 5.78 Å². The number of aromatic nitrogens is 3. The number of nitrogens with two attached hydrogens (primary N) is 1. The Morgan fingerprint density at radius 1 is 1.30 bits per heavy atom. The van der Waals surface area contributed by atoms with Gasteiger partial charge in [-0.05, 0) is 38.1 Å². The number of carbonyl (C=O) groups is 1. The van der Waals surface area contributed by atoms with Gasteiger partial charge in [0, 0.05) is 28.3 Å². The van der Waals surface area contributed by atoms with E-state index in [9.17, 15) is 4.79 Å². The van der Waals surface area contributed by atoms with E-state index in [0.29, 0.717) is 16.5 Å². The minimum Gasteiger partial charge on any atom is -0.455 e. The van der Waals surface area contributed by atoms with Crippen LogP contribution in [0.3, 0.4) is 0 Å². The normalized spacial score (nSPS) is 10.9. The van der Waals surface area contributed by atoms with Gasteiger partial charge in [-0.3, -0.25) is 4.40 Å². The second kappa shape index (κ2) is 5.89. The van der Waals surface area contributed by atoms with Crippen molar-refractivity contribution in [1.82, 2.24) is 14.4 Å². The van der Waals surface area contributed by atoms with E-state index in [0.717, 1.165) is 11.4 Å². The van der Waals surface area contributed by atoms with Gasteiger partial charge in [0.25, 0.3) is 0 Å². The third kappa shape index (κ3) is 3.12. The van der Waals surface area contributed by atoms with Gasteiger partial charge in [0.15, 0.2) is 0 Å². The molecule has 0 radical (unpaired) electrons. The number of imidazole rings is 1. The zero-order valence-corrected chi connectivity index (χ0v) is 13.5. The van der Waals surface area contributed by atoms with Crippen molar-refractivity contribution in [3.63, 3.8) is 0 Å². The number of nitrogens with zero attached hydrogens (tertiary/aromatic N) is 3. The van der Waals surface area contributed by atoms with Gasteiger partial charge in [-0.2, -0.15) is 0 Å². The summed E-state index contributed by atoms with van der Waals surface area (Å²) in [6, 6.07) is 6.60. The molecule has 0 bridgehead atoms. The molecule has 118 valence electrons. The Morgan fingerprint density at radius 2 is 2.09 bits per heavy atom. The summed E-state index contributed by atoms with van der Waals surface area (Å²) in [4.78, 5) is 20.8. The Kier molecular flexibility index (Phi) is 3.92. The zero-order chi connectivity index (χ0) is 16.6. The number of halogens is 1. The average Bonchev–Trinajstić information content (AvgIpc) is 2.88. The van der Waals surface area contributed by atoms with Gasteiger partial charge >= 0.3 is 5.97 Å². The Balaban J connectivity index is 1.78. The number of hydrogen-bond donors (Lipinski definition) is 1. The van der Waals surface area contributed by atoms with Gasteiger partial charge in [0.05, 0.1) is 11.3 Å². The van der Waals surface area contributed by atoms with E-state index in [4.69, 9.17) is 22.1 Å². The van der Waals surface area contributed by atoms with Gasteiger partial charge < -0.3 is 10.5 Å². The number of benzene rings is 1. The smallest absolute Gasteiger partial charge is 0.340 e. The summed E-state index contributed by atoms with van der Waals surface area (Å²) in [7, 11) is 0. The first-order chi connectivity index (χ1) is 10.9. The lowest BCUT2D eigenvalue weighted by molar-refractivity contribution is 0.0469. The first-order valence-corrected chi connectivity index (χ1v) is 7.36. The number of aryl methyl sites for hydroxylation is 2. The summed E-state index contributed by atoms with van der Waals surface area (Å²) in [5, 5.41) is 0.469. The maximum absolute atomic E-state index is 12.1. The topological polar surface area (TPSA) is 82.5 Å². The Hall–Kier alpha value is -2.60. The van der Waals surface area contributed by atoms with Crippen LogP contribution in [-0.4, -0.2) is 20.3 Å². The van der Waals surface area contributed by atoms with Crippen molar-refractivity contribution < 1.29 is 9.53 Å². The fraction of sp³-hybridized carbons (Fsp3) is 0.188. The van der Waals surface area contributed by atoms with Crippen molar-refractivity contribution in [2.75, 3.05) is 5.73 Å². The maximum atomic E-state index is 12.1. The van der Waals surface area contributed by atoms with Crippen LogP contribution in [-0.2, 0) is 11.3 Å². The highest BCUT2D eigenvalue weighted by Gasteiger charge is 2.13. The molecule has 23 heavy (non-hydrogen) atoms. The summed E-state index contributed by atoms with van der Waals surface area (Å²) in [5.41, 5.74) is 8.86. The van der Waals surface area contributed by atoms with Crippen LogP contribution < -0.4 is 5.73 Å². The number of fused-ring (bicyclic) bond motifs is 1. The van der Waals surface area contributed by atoms with Gasteiger partial charge in [0.1, 0.15) is 6.61 Å². The number of hydrogen-bond acceptors (Lipinski definition) is 5. The lowest BCUT2D eigenvalue weighted by atomic mass is 10.2. The van der Waals surface area contributed by atoms with Crippen LogP contribution in [0.2, 0.25) is 5.02 Å². The molecular formula is C16H15ClN4O2. The molecule has 3 aromatic rings.